The number of aryl methyl sites for hydroxylation is 1. The van der Waals surface area contributed by atoms with E-state index in [0.29, 0.717) is 23.5 Å². The highest BCUT2D eigenvalue weighted by molar-refractivity contribution is 7.11. The standard InChI is InChI=1S/C14H17N3O2S/c1-3-10-7-16-13(20-10)8-17-14(18)11-6-9(19-2)4-5-12(11)15/h4-7H,3,8,15H2,1-2H3,(H,17,18). The lowest BCUT2D eigenvalue weighted by atomic mass is 10.1. The molecule has 2 aromatic rings. The van der Waals surface area contributed by atoms with Crippen LogP contribution in [0.5, 0.6) is 5.75 Å². The summed E-state index contributed by atoms with van der Waals surface area (Å²) in [6, 6.07) is 5.01. The van der Waals surface area contributed by atoms with Gasteiger partial charge in [-0.05, 0) is 24.6 Å². The minimum absolute atomic E-state index is 0.227. The van der Waals surface area contributed by atoms with Gasteiger partial charge in [-0.3, -0.25) is 4.79 Å². The SMILES string of the molecule is CCc1cnc(CNC(=O)c2cc(OC)ccc2N)s1. The summed E-state index contributed by atoms with van der Waals surface area (Å²) < 4.78 is 5.09. The number of nitrogens with two attached hydrogens (primary N) is 1. The maximum Gasteiger partial charge on any atom is 0.253 e. The van der Waals surface area contributed by atoms with Crippen molar-refractivity contribution in [3.05, 3.63) is 39.8 Å². The molecule has 0 atom stereocenters. The summed E-state index contributed by atoms with van der Waals surface area (Å²) in [5.74, 6) is 0.376. The molecule has 0 aliphatic heterocycles. The fourth-order valence-corrected chi connectivity index (χ4v) is 2.51. The molecular weight excluding hydrogens is 274 g/mol. The largest absolute Gasteiger partial charge is 0.497 e. The first-order valence-corrected chi connectivity index (χ1v) is 7.11. The van der Waals surface area contributed by atoms with Crippen LogP contribution >= 0.6 is 11.3 Å². The van der Waals surface area contributed by atoms with E-state index in [1.807, 2.05) is 6.20 Å². The van der Waals surface area contributed by atoms with Gasteiger partial charge < -0.3 is 15.8 Å². The van der Waals surface area contributed by atoms with Gasteiger partial charge in [-0.2, -0.15) is 0 Å². The zero-order chi connectivity index (χ0) is 14.5. The van der Waals surface area contributed by atoms with Crippen molar-refractivity contribution in [3.8, 4) is 5.75 Å². The number of benzene rings is 1. The van der Waals surface area contributed by atoms with E-state index in [4.69, 9.17) is 10.5 Å². The maximum atomic E-state index is 12.1. The normalized spacial score (nSPS) is 10.3. The van der Waals surface area contributed by atoms with Crippen LogP contribution in [0.15, 0.2) is 24.4 Å². The summed E-state index contributed by atoms with van der Waals surface area (Å²) in [6.07, 6.45) is 2.79. The number of methoxy groups -OCH3 is 1. The van der Waals surface area contributed by atoms with Crippen LogP contribution in [0.3, 0.4) is 0 Å². The Morgan fingerprint density at radius 1 is 1.50 bits per heavy atom. The molecule has 2 rings (SSSR count). The van der Waals surface area contributed by atoms with Crippen LogP contribution < -0.4 is 15.8 Å². The van der Waals surface area contributed by atoms with E-state index < -0.39 is 0 Å². The summed E-state index contributed by atoms with van der Waals surface area (Å²) in [7, 11) is 1.55. The first-order chi connectivity index (χ1) is 9.63. The second-order valence-corrected chi connectivity index (χ2v) is 5.41. The first-order valence-electron chi connectivity index (χ1n) is 6.29. The molecule has 1 amide bonds. The average molecular weight is 291 g/mol. The molecule has 0 spiro atoms. The molecule has 0 unspecified atom stereocenters. The molecule has 106 valence electrons. The van der Waals surface area contributed by atoms with Crippen molar-refractivity contribution >= 4 is 22.9 Å². The molecule has 0 fully saturated rings. The summed E-state index contributed by atoms with van der Waals surface area (Å²) in [6.45, 7) is 2.48. The number of hydrogen-bond acceptors (Lipinski definition) is 5. The number of ether oxygens (including phenoxy) is 1. The summed E-state index contributed by atoms with van der Waals surface area (Å²) in [5.41, 5.74) is 6.65. The van der Waals surface area contributed by atoms with Gasteiger partial charge in [0.2, 0.25) is 0 Å². The molecule has 1 aromatic heterocycles. The number of aromatic nitrogens is 1. The Hall–Kier alpha value is -2.08. The minimum Gasteiger partial charge on any atom is -0.497 e. The number of carbonyl (C=O) groups excluding carboxylic acids is 1. The Labute approximate surface area is 121 Å². The number of nitrogen functional groups attached to an aromatic ring is 1. The predicted octanol–water partition coefficient (Wildman–Crippen LogP) is 2.23. The van der Waals surface area contributed by atoms with Crippen LogP contribution in [-0.2, 0) is 13.0 Å². The van der Waals surface area contributed by atoms with Crippen molar-refractivity contribution in [2.75, 3.05) is 12.8 Å². The van der Waals surface area contributed by atoms with Gasteiger partial charge >= 0.3 is 0 Å². The fraction of sp³-hybridized carbons (Fsp3) is 0.286. The van der Waals surface area contributed by atoms with Gasteiger partial charge in [-0.25, -0.2) is 4.98 Å². The minimum atomic E-state index is -0.227. The van der Waals surface area contributed by atoms with Crippen molar-refractivity contribution in [2.45, 2.75) is 19.9 Å². The highest BCUT2D eigenvalue weighted by atomic mass is 32.1. The van der Waals surface area contributed by atoms with E-state index in [0.717, 1.165) is 11.4 Å². The van der Waals surface area contributed by atoms with E-state index in [-0.39, 0.29) is 5.91 Å². The lowest BCUT2D eigenvalue weighted by Gasteiger charge is -2.08. The van der Waals surface area contributed by atoms with Gasteiger partial charge in [0.15, 0.2) is 0 Å². The number of thiazole rings is 1. The molecule has 0 saturated carbocycles. The molecule has 1 heterocycles. The van der Waals surface area contributed by atoms with Gasteiger partial charge in [-0.15, -0.1) is 11.3 Å². The van der Waals surface area contributed by atoms with Crippen molar-refractivity contribution in [2.24, 2.45) is 0 Å². The molecule has 0 saturated heterocycles. The van der Waals surface area contributed by atoms with Crippen LogP contribution in [0.25, 0.3) is 0 Å². The van der Waals surface area contributed by atoms with Crippen LogP contribution in [-0.4, -0.2) is 18.0 Å². The molecule has 20 heavy (non-hydrogen) atoms. The third kappa shape index (κ3) is 3.27. The highest BCUT2D eigenvalue weighted by Crippen LogP contribution is 2.19. The number of amides is 1. The Balaban J connectivity index is 2.04. The number of nitrogens with one attached hydrogen (secondary N) is 1. The van der Waals surface area contributed by atoms with Crippen LogP contribution in [0, 0.1) is 0 Å². The molecule has 0 aliphatic carbocycles. The number of nitrogens with zero attached hydrogens (tertiary/aromatic N) is 1. The van der Waals surface area contributed by atoms with Crippen molar-refractivity contribution < 1.29 is 9.53 Å². The Morgan fingerprint density at radius 2 is 2.30 bits per heavy atom. The van der Waals surface area contributed by atoms with E-state index in [1.165, 1.54) is 4.88 Å². The highest BCUT2D eigenvalue weighted by Gasteiger charge is 2.11. The third-order valence-electron chi connectivity index (χ3n) is 2.86. The molecule has 1 aromatic carbocycles. The molecule has 0 aliphatic rings. The number of rotatable bonds is 5. The molecule has 6 heteroatoms. The molecule has 0 bridgehead atoms. The lowest BCUT2D eigenvalue weighted by molar-refractivity contribution is 0.0951. The lowest BCUT2D eigenvalue weighted by Crippen LogP contribution is -2.23. The van der Waals surface area contributed by atoms with Gasteiger partial charge in [-0.1, -0.05) is 6.92 Å². The topological polar surface area (TPSA) is 77.2 Å². The van der Waals surface area contributed by atoms with Crippen LogP contribution in [0.4, 0.5) is 5.69 Å². The number of hydrogen-bond donors (Lipinski definition) is 2. The van der Waals surface area contributed by atoms with Crippen molar-refractivity contribution in [1.82, 2.24) is 10.3 Å². The van der Waals surface area contributed by atoms with E-state index in [9.17, 15) is 4.79 Å². The van der Waals surface area contributed by atoms with Crippen LogP contribution in [0.2, 0.25) is 0 Å². The monoisotopic (exact) mass is 291 g/mol. The molecular formula is C14H17N3O2S. The molecule has 3 N–H and O–H groups in total. The number of anilines is 1. The Bertz CT molecular complexity index is 610. The van der Waals surface area contributed by atoms with Crippen molar-refractivity contribution in [3.63, 3.8) is 0 Å². The summed E-state index contributed by atoms with van der Waals surface area (Å²) >= 11 is 1.60. The average Bonchev–Trinajstić information content (AvgIpc) is 2.93. The van der Waals surface area contributed by atoms with Gasteiger partial charge in [0.25, 0.3) is 5.91 Å². The Kier molecular flexibility index (Phi) is 4.57. The van der Waals surface area contributed by atoms with Crippen molar-refractivity contribution in [1.29, 1.82) is 0 Å². The zero-order valence-electron chi connectivity index (χ0n) is 11.5. The van der Waals surface area contributed by atoms with E-state index in [2.05, 4.69) is 17.2 Å². The fourth-order valence-electron chi connectivity index (χ4n) is 1.70. The van der Waals surface area contributed by atoms with E-state index in [1.54, 1.807) is 36.6 Å². The first kappa shape index (κ1) is 14.3. The summed E-state index contributed by atoms with van der Waals surface area (Å²) in [4.78, 5) is 17.6. The maximum absolute atomic E-state index is 12.1. The second kappa shape index (κ2) is 6.38. The van der Waals surface area contributed by atoms with Gasteiger partial charge in [0.05, 0.1) is 19.2 Å². The smallest absolute Gasteiger partial charge is 0.253 e. The second-order valence-electron chi connectivity index (χ2n) is 4.21. The van der Waals surface area contributed by atoms with Gasteiger partial charge in [0.1, 0.15) is 10.8 Å². The van der Waals surface area contributed by atoms with Crippen LogP contribution in [0.1, 0.15) is 27.2 Å². The zero-order valence-corrected chi connectivity index (χ0v) is 12.3. The summed E-state index contributed by atoms with van der Waals surface area (Å²) in [5, 5.41) is 3.70. The number of carbonyl (C=O) groups is 1. The molecule has 5 nitrogen and oxygen atoms in total. The third-order valence-corrected chi connectivity index (χ3v) is 4.00. The predicted molar refractivity (Wildman–Crippen MR) is 80.1 cm³/mol. The van der Waals surface area contributed by atoms with E-state index >= 15 is 0 Å². The quantitative estimate of drug-likeness (QED) is 0.828. The Morgan fingerprint density at radius 3 is 2.95 bits per heavy atom. The van der Waals surface area contributed by atoms with Gasteiger partial charge in [0, 0.05) is 16.8 Å². The molecule has 0 radical (unpaired) electrons.